The summed E-state index contributed by atoms with van der Waals surface area (Å²) in [5.74, 6) is 0.280. The Labute approximate surface area is 135 Å². The van der Waals surface area contributed by atoms with Gasteiger partial charge in [0, 0.05) is 18.4 Å². The molecule has 0 aliphatic carbocycles. The molecule has 2 aromatic rings. The minimum atomic E-state index is -3.15. The molecule has 20 heavy (non-hydrogen) atoms. The maximum absolute atomic E-state index is 13.7. The molecule has 0 N–H and O–H groups in total. The van der Waals surface area contributed by atoms with Gasteiger partial charge in [0.1, 0.15) is 21.5 Å². The lowest BCUT2D eigenvalue weighted by molar-refractivity contribution is 0.560. The zero-order valence-electron chi connectivity index (χ0n) is 10.9. The zero-order valence-corrected chi connectivity index (χ0v) is 14.6. The normalized spacial score (nSPS) is 13.8. The fourth-order valence-corrected chi connectivity index (χ4v) is 3.90. The van der Waals surface area contributed by atoms with Gasteiger partial charge >= 0.3 is 0 Å². The van der Waals surface area contributed by atoms with E-state index in [0.29, 0.717) is 20.4 Å². The quantitative estimate of drug-likeness (QED) is 0.553. The molecule has 2 rings (SSSR count). The first-order valence-corrected chi connectivity index (χ1v) is 9.50. The predicted molar refractivity (Wildman–Crippen MR) is 86.4 cm³/mol. The molecule has 1 unspecified atom stereocenters. The van der Waals surface area contributed by atoms with E-state index in [1.165, 1.54) is 12.3 Å². The summed E-state index contributed by atoms with van der Waals surface area (Å²) in [6.07, 6.45) is 1.17. The van der Waals surface area contributed by atoms with Crippen LogP contribution in [0.5, 0.6) is 0 Å². The fourth-order valence-electron chi connectivity index (χ4n) is 2.24. The molecule has 0 aliphatic rings. The van der Waals surface area contributed by atoms with E-state index in [9.17, 15) is 12.8 Å². The Hall–Kier alpha value is -0.410. The maximum Gasteiger partial charge on any atom is 0.149 e. The Bertz CT molecular complexity index is 760. The summed E-state index contributed by atoms with van der Waals surface area (Å²) in [4.78, 5) is 4.35. The highest BCUT2D eigenvalue weighted by molar-refractivity contribution is 14.1. The summed E-state index contributed by atoms with van der Waals surface area (Å²) in [6.45, 7) is 1.76. The van der Waals surface area contributed by atoms with Crippen LogP contribution in [0.15, 0.2) is 12.1 Å². The molecule has 8 heteroatoms. The van der Waals surface area contributed by atoms with Gasteiger partial charge in [-0.15, -0.1) is 11.6 Å². The largest absolute Gasteiger partial charge is 0.323 e. The molecule has 0 bridgehead atoms. The summed E-state index contributed by atoms with van der Waals surface area (Å²) < 4.78 is 38.8. The first-order chi connectivity index (χ1) is 9.23. The molecule has 0 spiro atoms. The van der Waals surface area contributed by atoms with E-state index in [1.54, 1.807) is 17.6 Å². The number of hydrogen-bond donors (Lipinski definition) is 0. The van der Waals surface area contributed by atoms with Crippen molar-refractivity contribution in [1.29, 1.82) is 0 Å². The van der Waals surface area contributed by atoms with Gasteiger partial charge in [-0.3, -0.25) is 0 Å². The second-order valence-electron chi connectivity index (χ2n) is 4.73. The number of fused-ring (bicyclic) bond motifs is 1. The highest BCUT2D eigenvalue weighted by atomic mass is 127. The van der Waals surface area contributed by atoms with Crippen molar-refractivity contribution >= 4 is 55.1 Å². The smallest absolute Gasteiger partial charge is 0.149 e. The Kier molecular flexibility index (Phi) is 4.60. The van der Waals surface area contributed by atoms with Gasteiger partial charge in [0.05, 0.1) is 26.2 Å². The number of nitrogens with zero attached hydrogens (tertiary/aromatic N) is 2. The number of imidazole rings is 1. The van der Waals surface area contributed by atoms with Crippen LogP contribution in [-0.2, 0) is 15.7 Å². The van der Waals surface area contributed by atoms with Gasteiger partial charge in [0.25, 0.3) is 0 Å². The van der Waals surface area contributed by atoms with E-state index < -0.39 is 9.84 Å². The van der Waals surface area contributed by atoms with Gasteiger partial charge in [-0.25, -0.2) is 17.8 Å². The lowest BCUT2D eigenvalue weighted by atomic mass is 10.3. The number of halogens is 3. The lowest BCUT2D eigenvalue weighted by Crippen LogP contribution is -2.18. The Morgan fingerprint density at radius 2 is 2.15 bits per heavy atom. The highest BCUT2D eigenvalue weighted by Crippen LogP contribution is 2.26. The number of benzene rings is 1. The number of sulfone groups is 1. The van der Waals surface area contributed by atoms with E-state index in [4.69, 9.17) is 11.6 Å². The number of hydrogen-bond acceptors (Lipinski definition) is 3. The lowest BCUT2D eigenvalue weighted by Gasteiger charge is -2.16. The summed E-state index contributed by atoms with van der Waals surface area (Å²) in [5, 5.41) is 0. The van der Waals surface area contributed by atoms with Crippen LogP contribution in [0.1, 0.15) is 18.8 Å². The average Bonchev–Trinajstić information content (AvgIpc) is 2.65. The molecule has 0 saturated heterocycles. The minimum absolute atomic E-state index is 0.0457. The van der Waals surface area contributed by atoms with Crippen LogP contribution < -0.4 is 0 Å². The van der Waals surface area contributed by atoms with Crippen LogP contribution in [0.2, 0.25) is 0 Å². The highest BCUT2D eigenvalue weighted by Gasteiger charge is 2.20. The van der Waals surface area contributed by atoms with Crippen LogP contribution in [0.3, 0.4) is 0 Å². The zero-order chi connectivity index (χ0) is 15.1. The van der Waals surface area contributed by atoms with Crippen molar-refractivity contribution in [3.63, 3.8) is 0 Å². The number of alkyl halides is 1. The van der Waals surface area contributed by atoms with Gasteiger partial charge < -0.3 is 4.57 Å². The van der Waals surface area contributed by atoms with Crippen molar-refractivity contribution in [3.05, 3.63) is 27.3 Å². The summed E-state index contributed by atoms with van der Waals surface area (Å²) in [6, 6.07) is 2.65. The molecular formula is C12H13ClFIN2O2S. The van der Waals surface area contributed by atoms with Crippen molar-refractivity contribution in [2.75, 3.05) is 12.0 Å². The Morgan fingerprint density at radius 1 is 1.50 bits per heavy atom. The van der Waals surface area contributed by atoms with Gasteiger partial charge in [0.2, 0.25) is 0 Å². The van der Waals surface area contributed by atoms with E-state index >= 15 is 0 Å². The van der Waals surface area contributed by atoms with E-state index in [1.807, 2.05) is 22.6 Å². The van der Waals surface area contributed by atoms with Crippen LogP contribution in [0.4, 0.5) is 4.39 Å². The minimum Gasteiger partial charge on any atom is -0.323 e. The third-order valence-corrected chi connectivity index (χ3v) is 5.06. The molecule has 4 nitrogen and oxygen atoms in total. The second-order valence-corrected chi connectivity index (χ2v) is 8.34. The third kappa shape index (κ3) is 3.25. The van der Waals surface area contributed by atoms with Crippen LogP contribution in [-0.4, -0.2) is 30.0 Å². The van der Waals surface area contributed by atoms with Crippen molar-refractivity contribution in [3.8, 4) is 0 Å². The molecule has 110 valence electrons. The molecule has 1 atom stereocenters. The SMILES string of the molecule is CC(CS(C)(=O)=O)n1c(CCl)nc2cc(I)c(F)cc21. The molecule has 0 aliphatic heterocycles. The van der Waals surface area contributed by atoms with Crippen LogP contribution in [0, 0.1) is 9.39 Å². The fraction of sp³-hybridized carbons (Fsp3) is 0.417. The van der Waals surface area contributed by atoms with E-state index in [-0.39, 0.29) is 23.5 Å². The molecule has 1 heterocycles. The van der Waals surface area contributed by atoms with Crippen LogP contribution >= 0.6 is 34.2 Å². The standard InChI is InChI=1S/C12H13ClFIN2O2S/c1-7(6-20(2,18)19)17-11-3-8(14)9(15)4-10(11)16-12(17)5-13/h3-4,7H,5-6H2,1-2H3. The molecule has 0 fully saturated rings. The molecular weight excluding hydrogens is 418 g/mol. The Balaban J connectivity index is 2.63. The van der Waals surface area contributed by atoms with Crippen molar-refractivity contribution in [1.82, 2.24) is 9.55 Å². The first-order valence-electron chi connectivity index (χ1n) is 5.82. The molecule has 1 aromatic heterocycles. The van der Waals surface area contributed by atoms with E-state index in [0.717, 1.165) is 0 Å². The molecule has 1 aromatic carbocycles. The Morgan fingerprint density at radius 3 is 2.70 bits per heavy atom. The van der Waals surface area contributed by atoms with Gasteiger partial charge in [-0.05, 0) is 35.6 Å². The molecule has 0 radical (unpaired) electrons. The third-order valence-electron chi connectivity index (χ3n) is 2.91. The summed E-state index contributed by atoms with van der Waals surface area (Å²) in [7, 11) is -3.15. The second kappa shape index (κ2) is 5.76. The van der Waals surface area contributed by atoms with Crippen molar-refractivity contribution in [2.45, 2.75) is 18.8 Å². The first kappa shape index (κ1) is 16.0. The van der Waals surface area contributed by atoms with Crippen LogP contribution in [0.25, 0.3) is 11.0 Å². The maximum atomic E-state index is 13.7. The summed E-state index contributed by atoms with van der Waals surface area (Å²) in [5.41, 5.74) is 1.18. The molecule has 0 amide bonds. The van der Waals surface area contributed by atoms with Gasteiger partial charge in [-0.2, -0.15) is 0 Å². The number of rotatable bonds is 4. The topological polar surface area (TPSA) is 52.0 Å². The van der Waals surface area contributed by atoms with Crippen molar-refractivity contribution < 1.29 is 12.8 Å². The number of aromatic nitrogens is 2. The van der Waals surface area contributed by atoms with E-state index in [2.05, 4.69) is 4.98 Å². The predicted octanol–water partition coefficient (Wildman–Crippen LogP) is 3.12. The molecule has 0 saturated carbocycles. The monoisotopic (exact) mass is 430 g/mol. The van der Waals surface area contributed by atoms with Gasteiger partial charge in [-0.1, -0.05) is 0 Å². The summed E-state index contributed by atoms with van der Waals surface area (Å²) >= 11 is 7.76. The average molecular weight is 431 g/mol. The van der Waals surface area contributed by atoms with Gasteiger partial charge in [0.15, 0.2) is 0 Å². The van der Waals surface area contributed by atoms with Crippen molar-refractivity contribution in [2.24, 2.45) is 0 Å².